The largest absolute Gasteiger partial charge is 0.486 e. The SMILES string of the molecule is C[C@H](Oc1ccccc1F)C(=O)NNS(=O)(=O)c1ccc2c(c1)OCCO2. The Hall–Kier alpha value is -2.85. The van der Waals surface area contributed by atoms with Crippen molar-refractivity contribution in [2.45, 2.75) is 17.9 Å². The molecule has 10 heteroatoms. The molecule has 0 aliphatic carbocycles. The number of amides is 1. The normalized spacial score (nSPS) is 14.3. The van der Waals surface area contributed by atoms with Crippen molar-refractivity contribution in [2.75, 3.05) is 13.2 Å². The lowest BCUT2D eigenvalue weighted by molar-refractivity contribution is -0.127. The number of carbonyl (C=O) groups is 1. The van der Waals surface area contributed by atoms with E-state index in [2.05, 4.69) is 0 Å². The molecule has 0 radical (unpaired) electrons. The van der Waals surface area contributed by atoms with Gasteiger partial charge >= 0.3 is 0 Å². The van der Waals surface area contributed by atoms with E-state index in [0.717, 1.165) is 0 Å². The second kappa shape index (κ2) is 7.80. The lowest BCUT2D eigenvalue weighted by atomic mass is 10.3. The molecule has 0 saturated carbocycles. The molecule has 27 heavy (non-hydrogen) atoms. The molecule has 144 valence electrons. The minimum Gasteiger partial charge on any atom is -0.486 e. The number of fused-ring (bicyclic) bond motifs is 1. The third-order valence-electron chi connectivity index (χ3n) is 3.64. The molecule has 3 rings (SSSR count). The number of carbonyl (C=O) groups excluding carboxylic acids is 1. The average molecular weight is 396 g/mol. The van der Waals surface area contributed by atoms with Gasteiger partial charge in [-0.2, -0.15) is 0 Å². The summed E-state index contributed by atoms with van der Waals surface area (Å²) >= 11 is 0. The Morgan fingerprint density at radius 1 is 1.15 bits per heavy atom. The minimum absolute atomic E-state index is 0.116. The number of hydrazine groups is 1. The van der Waals surface area contributed by atoms with Crippen LogP contribution in [0.2, 0.25) is 0 Å². The first kappa shape index (κ1) is 18.9. The lowest BCUT2D eigenvalue weighted by Crippen LogP contribution is -2.47. The number of nitrogens with one attached hydrogen (secondary N) is 2. The van der Waals surface area contributed by atoms with Crippen LogP contribution >= 0.6 is 0 Å². The topological polar surface area (TPSA) is 103 Å². The number of para-hydroxylation sites is 1. The third-order valence-corrected chi connectivity index (χ3v) is 4.89. The van der Waals surface area contributed by atoms with Crippen LogP contribution in [-0.2, 0) is 14.8 Å². The molecule has 1 amide bonds. The Bertz CT molecular complexity index is 950. The predicted molar refractivity (Wildman–Crippen MR) is 92.4 cm³/mol. The van der Waals surface area contributed by atoms with Crippen molar-refractivity contribution in [2.24, 2.45) is 0 Å². The Morgan fingerprint density at radius 2 is 1.85 bits per heavy atom. The molecular formula is C17H17FN2O6S. The van der Waals surface area contributed by atoms with E-state index < -0.39 is 27.9 Å². The maximum atomic E-state index is 13.6. The van der Waals surface area contributed by atoms with Gasteiger partial charge in [-0.15, -0.1) is 4.83 Å². The van der Waals surface area contributed by atoms with E-state index in [0.29, 0.717) is 24.7 Å². The van der Waals surface area contributed by atoms with E-state index in [1.807, 2.05) is 10.3 Å². The standard InChI is InChI=1S/C17H17FN2O6S/c1-11(26-14-5-3-2-4-13(14)18)17(21)19-20-27(22,23)12-6-7-15-16(10-12)25-9-8-24-15/h2-7,10-11,20H,8-9H2,1H3,(H,19,21)/t11-/m0/s1. The van der Waals surface area contributed by atoms with Crippen molar-refractivity contribution in [3.05, 3.63) is 48.3 Å². The fraction of sp³-hybridized carbons (Fsp3) is 0.235. The minimum atomic E-state index is -4.05. The van der Waals surface area contributed by atoms with Gasteiger partial charge in [-0.1, -0.05) is 12.1 Å². The zero-order chi connectivity index (χ0) is 19.4. The van der Waals surface area contributed by atoms with Gasteiger partial charge in [-0.25, -0.2) is 12.8 Å². The summed E-state index contributed by atoms with van der Waals surface area (Å²) in [5.41, 5.74) is 2.04. The molecule has 0 saturated heterocycles. The zero-order valence-electron chi connectivity index (χ0n) is 14.3. The first-order valence-electron chi connectivity index (χ1n) is 7.99. The van der Waals surface area contributed by atoms with Crippen molar-refractivity contribution < 1.29 is 31.8 Å². The average Bonchev–Trinajstić information content (AvgIpc) is 2.67. The number of sulfonamides is 1. The van der Waals surface area contributed by atoms with Crippen molar-refractivity contribution >= 4 is 15.9 Å². The van der Waals surface area contributed by atoms with Crippen LogP contribution in [0.4, 0.5) is 4.39 Å². The molecule has 1 aliphatic rings. The molecule has 0 spiro atoms. The van der Waals surface area contributed by atoms with Gasteiger partial charge in [0, 0.05) is 6.07 Å². The van der Waals surface area contributed by atoms with Gasteiger partial charge < -0.3 is 14.2 Å². The molecule has 2 N–H and O–H groups in total. The third kappa shape index (κ3) is 4.47. The van der Waals surface area contributed by atoms with E-state index in [9.17, 15) is 17.6 Å². The van der Waals surface area contributed by atoms with Gasteiger partial charge in [0.25, 0.3) is 15.9 Å². The Balaban J connectivity index is 1.63. The molecule has 0 aromatic heterocycles. The summed E-state index contributed by atoms with van der Waals surface area (Å²) in [5, 5.41) is 0. The Morgan fingerprint density at radius 3 is 2.59 bits per heavy atom. The summed E-state index contributed by atoms with van der Waals surface area (Å²) in [4.78, 5) is 13.9. The van der Waals surface area contributed by atoms with Gasteiger partial charge in [0.2, 0.25) is 0 Å². The summed E-state index contributed by atoms with van der Waals surface area (Å²) < 4.78 is 54.1. The highest BCUT2D eigenvalue weighted by molar-refractivity contribution is 7.89. The molecule has 2 aromatic rings. The van der Waals surface area contributed by atoms with Crippen molar-refractivity contribution in [1.82, 2.24) is 10.3 Å². The molecule has 0 unspecified atom stereocenters. The second-order valence-electron chi connectivity index (χ2n) is 5.59. The highest BCUT2D eigenvalue weighted by Gasteiger charge is 2.22. The van der Waals surface area contributed by atoms with Crippen LogP contribution in [-0.4, -0.2) is 33.6 Å². The lowest BCUT2D eigenvalue weighted by Gasteiger charge is -2.19. The summed E-state index contributed by atoms with van der Waals surface area (Å²) in [6, 6.07) is 9.66. The number of halogens is 1. The quantitative estimate of drug-likeness (QED) is 0.715. The molecule has 0 fully saturated rings. The van der Waals surface area contributed by atoms with Crippen LogP contribution in [0.5, 0.6) is 17.2 Å². The first-order chi connectivity index (χ1) is 12.9. The van der Waals surface area contributed by atoms with E-state index in [1.54, 1.807) is 6.07 Å². The second-order valence-corrected chi connectivity index (χ2v) is 7.27. The van der Waals surface area contributed by atoms with E-state index >= 15 is 0 Å². The van der Waals surface area contributed by atoms with Crippen LogP contribution < -0.4 is 24.5 Å². The number of ether oxygens (including phenoxy) is 3. The zero-order valence-corrected chi connectivity index (χ0v) is 15.1. The van der Waals surface area contributed by atoms with Gasteiger partial charge in [0.15, 0.2) is 29.2 Å². The molecule has 1 atom stereocenters. The highest BCUT2D eigenvalue weighted by atomic mass is 32.2. The molecule has 1 aliphatic heterocycles. The summed E-state index contributed by atoms with van der Waals surface area (Å²) in [6.07, 6.45) is -1.13. The van der Waals surface area contributed by atoms with Gasteiger partial charge in [-0.3, -0.25) is 10.2 Å². The predicted octanol–water partition coefficient (Wildman–Crippen LogP) is 1.37. The molecule has 8 nitrogen and oxygen atoms in total. The van der Waals surface area contributed by atoms with E-state index in [1.165, 1.54) is 43.3 Å². The summed E-state index contributed by atoms with van der Waals surface area (Å²) in [6.45, 7) is 2.05. The smallest absolute Gasteiger partial charge is 0.275 e. The Labute approximate surface area is 155 Å². The van der Waals surface area contributed by atoms with Crippen LogP contribution in [0, 0.1) is 5.82 Å². The molecule has 0 bridgehead atoms. The highest BCUT2D eigenvalue weighted by Crippen LogP contribution is 2.32. The Kier molecular flexibility index (Phi) is 5.47. The van der Waals surface area contributed by atoms with Crippen LogP contribution in [0.15, 0.2) is 47.4 Å². The molecular weight excluding hydrogens is 379 g/mol. The monoisotopic (exact) mass is 396 g/mol. The van der Waals surface area contributed by atoms with Crippen molar-refractivity contribution in [3.63, 3.8) is 0 Å². The van der Waals surface area contributed by atoms with Crippen LogP contribution in [0.25, 0.3) is 0 Å². The van der Waals surface area contributed by atoms with Crippen LogP contribution in [0.3, 0.4) is 0 Å². The number of rotatable bonds is 6. The number of hydrogen-bond acceptors (Lipinski definition) is 6. The first-order valence-corrected chi connectivity index (χ1v) is 9.47. The van der Waals surface area contributed by atoms with Gasteiger partial charge in [0.05, 0.1) is 4.90 Å². The molecule has 2 aromatic carbocycles. The van der Waals surface area contributed by atoms with Crippen molar-refractivity contribution in [3.8, 4) is 17.2 Å². The summed E-state index contributed by atoms with van der Waals surface area (Å²) in [7, 11) is -4.05. The van der Waals surface area contributed by atoms with E-state index in [4.69, 9.17) is 14.2 Å². The number of hydrogen-bond donors (Lipinski definition) is 2. The maximum absolute atomic E-state index is 13.6. The fourth-order valence-electron chi connectivity index (χ4n) is 2.25. The van der Waals surface area contributed by atoms with Gasteiger partial charge in [0.1, 0.15) is 13.2 Å². The molecule has 1 heterocycles. The summed E-state index contributed by atoms with van der Waals surface area (Å²) in [5.74, 6) is -0.800. The van der Waals surface area contributed by atoms with Crippen LogP contribution in [0.1, 0.15) is 6.92 Å². The maximum Gasteiger partial charge on any atom is 0.275 e. The van der Waals surface area contributed by atoms with Gasteiger partial charge in [-0.05, 0) is 31.2 Å². The van der Waals surface area contributed by atoms with E-state index in [-0.39, 0.29) is 10.6 Å². The fourth-order valence-corrected chi connectivity index (χ4v) is 3.12. The number of benzene rings is 2. The van der Waals surface area contributed by atoms with Crippen molar-refractivity contribution in [1.29, 1.82) is 0 Å².